The van der Waals surface area contributed by atoms with Gasteiger partial charge >= 0.3 is 0 Å². The molecule has 1 heterocycles. The number of rotatable bonds is 2. The molecule has 0 radical (unpaired) electrons. The van der Waals surface area contributed by atoms with Crippen LogP contribution in [0.1, 0.15) is 15.9 Å². The summed E-state index contributed by atoms with van der Waals surface area (Å²) in [4.78, 5) is 15.6. The lowest BCUT2D eigenvalue weighted by atomic mass is 10.0. The normalized spacial score (nSPS) is 16.6. The monoisotopic (exact) mass is 246 g/mol. The summed E-state index contributed by atoms with van der Waals surface area (Å²) in [6, 6.07) is 7.04. The Bertz CT molecular complexity index is 464. The van der Waals surface area contributed by atoms with Crippen LogP contribution in [0.15, 0.2) is 24.3 Å². The van der Waals surface area contributed by atoms with Crippen molar-refractivity contribution >= 4 is 11.7 Å². The maximum Gasteiger partial charge on any atom is 0.249 e. The van der Waals surface area contributed by atoms with Gasteiger partial charge in [-0.3, -0.25) is 10.2 Å². The van der Waals surface area contributed by atoms with Gasteiger partial charge in [-0.05, 0) is 13.1 Å². The fourth-order valence-corrected chi connectivity index (χ4v) is 2.10. The summed E-state index contributed by atoms with van der Waals surface area (Å²) < 4.78 is 0. The second-order valence-electron chi connectivity index (χ2n) is 4.55. The van der Waals surface area contributed by atoms with Gasteiger partial charge in [-0.1, -0.05) is 18.2 Å². The molecule has 0 saturated carbocycles. The van der Waals surface area contributed by atoms with Gasteiger partial charge in [0.15, 0.2) is 0 Å². The molecule has 1 amide bonds. The lowest BCUT2D eigenvalue weighted by Crippen LogP contribution is -2.47. The van der Waals surface area contributed by atoms with Crippen LogP contribution in [0.3, 0.4) is 0 Å². The van der Waals surface area contributed by atoms with Crippen LogP contribution < -0.4 is 5.73 Å². The predicted molar refractivity (Wildman–Crippen MR) is 70.9 cm³/mol. The Kier molecular flexibility index (Phi) is 3.62. The number of carbonyl (C=O) groups excluding carboxylic acids is 1. The third-order valence-electron chi connectivity index (χ3n) is 3.27. The third kappa shape index (κ3) is 2.51. The predicted octanol–water partition coefficient (Wildman–Crippen LogP) is 0.358. The number of nitrogens with one attached hydrogen (secondary N) is 1. The van der Waals surface area contributed by atoms with Crippen LogP contribution in [0.4, 0.5) is 0 Å². The number of likely N-dealkylation sites (N-methyl/N-ethyl adjacent to an activating group) is 1. The minimum absolute atomic E-state index is 0.387. The molecule has 1 aromatic rings. The Morgan fingerprint density at radius 2 is 1.72 bits per heavy atom. The van der Waals surface area contributed by atoms with Crippen molar-refractivity contribution in [1.82, 2.24) is 9.80 Å². The molecule has 0 aliphatic carbocycles. The van der Waals surface area contributed by atoms with Crippen molar-refractivity contribution in [1.29, 1.82) is 5.41 Å². The zero-order valence-electron chi connectivity index (χ0n) is 10.5. The molecule has 1 aliphatic rings. The first kappa shape index (κ1) is 12.6. The van der Waals surface area contributed by atoms with Crippen LogP contribution in [-0.4, -0.2) is 54.8 Å². The van der Waals surface area contributed by atoms with E-state index >= 15 is 0 Å². The van der Waals surface area contributed by atoms with Gasteiger partial charge in [0, 0.05) is 37.3 Å². The Balaban J connectivity index is 2.21. The number of benzene rings is 1. The lowest BCUT2D eigenvalue weighted by molar-refractivity contribution is 0.1000. The molecule has 3 N–H and O–H groups in total. The van der Waals surface area contributed by atoms with E-state index < -0.39 is 5.91 Å². The largest absolute Gasteiger partial charge is 0.366 e. The van der Waals surface area contributed by atoms with E-state index in [9.17, 15) is 4.79 Å². The molecule has 5 nitrogen and oxygen atoms in total. The topological polar surface area (TPSA) is 73.4 Å². The van der Waals surface area contributed by atoms with Crippen molar-refractivity contribution in [2.24, 2.45) is 5.73 Å². The maximum absolute atomic E-state index is 11.4. The molecule has 96 valence electrons. The van der Waals surface area contributed by atoms with E-state index in [4.69, 9.17) is 11.1 Å². The zero-order chi connectivity index (χ0) is 13.1. The van der Waals surface area contributed by atoms with Gasteiger partial charge in [-0.15, -0.1) is 0 Å². The summed E-state index contributed by atoms with van der Waals surface area (Å²) in [6.07, 6.45) is 0. The Labute approximate surface area is 107 Å². The van der Waals surface area contributed by atoms with Gasteiger partial charge in [0.05, 0.1) is 0 Å². The summed E-state index contributed by atoms with van der Waals surface area (Å²) >= 11 is 0. The first-order valence-electron chi connectivity index (χ1n) is 6.01. The fraction of sp³-hybridized carbons (Fsp3) is 0.385. The standard InChI is InChI=1S/C13H18N4O/c1-16-6-8-17(9-7-16)12(14)10-4-2-3-5-11(10)13(15)18/h2-5,14H,6-9H2,1H3,(H2,15,18). The summed E-state index contributed by atoms with van der Waals surface area (Å²) in [5.74, 6) is -0.0954. The molecule has 0 spiro atoms. The number of hydrogen-bond acceptors (Lipinski definition) is 3. The van der Waals surface area contributed by atoms with Gasteiger partial charge in [-0.2, -0.15) is 0 Å². The number of piperazine rings is 1. The highest BCUT2D eigenvalue weighted by Gasteiger charge is 2.20. The van der Waals surface area contributed by atoms with E-state index in [1.54, 1.807) is 18.2 Å². The van der Waals surface area contributed by atoms with E-state index in [1.807, 2.05) is 11.0 Å². The van der Waals surface area contributed by atoms with Crippen molar-refractivity contribution < 1.29 is 4.79 Å². The molecule has 0 bridgehead atoms. The molecule has 2 rings (SSSR count). The van der Waals surface area contributed by atoms with Gasteiger partial charge in [0.1, 0.15) is 5.84 Å². The van der Waals surface area contributed by atoms with Crippen molar-refractivity contribution in [2.45, 2.75) is 0 Å². The minimum Gasteiger partial charge on any atom is -0.366 e. The second kappa shape index (κ2) is 5.18. The van der Waals surface area contributed by atoms with E-state index in [-0.39, 0.29) is 0 Å². The van der Waals surface area contributed by atoms with Crippen molar-refractivity contribution in [2.75, 3.05) is 33.2 Å². The smallest absolute Gasteiger partial charge is 0.249 e. The van der Waals surface area contributed by atoms with Crippen LogP contribution >= 0.6 is 0 Å². The number of carbonyl (C=O) groups is 1. The Hall–Kier alpha value is -1.88. The van der Waals surface area contributed by atoms with E-state index in [1.165, 1.54) is 0 Å². The first-order valence-corrected chi connectivity index (χ1v) is 6.01. The SMILES string of the molecule is CN1CCN(C(=N)c2ccccc2C(N)=O)CC1. The highest BCUT2D eigenvalue weighted by Crippen LogP contribution is 2.12. The third-order valence-corrected chi connectivity index (χ3v) is 3.27. The molecule has 0 aromatic heterocycles. The number of hydrogen-bond donors (Lipinski definition) is 2. The van der Waals surface area contributed by atoms with Crippen molar-refractivity contribution in [3.05, 3.63) is 35.4 Å². The van der Waals surface area contributed by atoms with E-state index in [2.05, 4.69) is 11.9 Å². The van der Waals surface area contributed by atoms with Crippen LogP contribution in [0, 0.1) is 5.41 Å². The molecule has 1 aliphatic heterocycles. The average Bonchev–Trinajstić information content (AvgIpc) is 2.39. The van der Waals surface area contributed by atoms with Crippen molar-refractivity contribution in [3.63, 3.8) is 0 Å². The summed E-state index contributed by atoms with van der Waals surface area (Å²) in [7, 11) is 2.07. The van der Waals surface area contributed by atoms with Crippen LogP contribution in [0.5, 0.6) is 0 Å². The quantitative estimate of drug-likeness (QED) is 0.584. The molecule has 1 saturated heterocycles. The number of amides is 1. The fourth-order valence-electron chi connectivity index (χ4n) is 2.10. The molecule has 1 fully saturated rings. The zero-order valence-corrected chi connectivity index (χ0v) is 10.5. The summed E-state index contributed by atoms with van der Waals surface area (Å²) in [5.41, 5.74) is 6.38. The van der Waals surface area contributed by atoms with Gasteiger partial charge < -0.3 is 15.5 Å². The highest BCUT2D eigenvalue weighted by atomic mass is 16.1. The highest BCUT2D eigenvalue weighted by molar-refractivity contribution is 6.07. The maximum atomic E-state index is 11.4. The average molecular weight is 246 g/mol. The molecule has 1 aromatic carbocycles. The Morgan fingerprint density at radius 3 is 2.28 bits per heavy atom. The second-order valence-corrected chi connectivity index (χ2v) is 4.55. The van der Waals surface area contributed by atoms with E-state index in [0.29, 0.717) is 17.0 Å². The molecule has 5 heteroatoms. The summed E-state index contributed by atoms with van der Waals surface area (Å²) in [5, 5.41) is 8.22. The van der Waals surface area contributed by atoms with Crippen LogP contribution in [0.25, 0.3) is 0 Å². The molecular weight excluding hydrogens is 228 g/mol. The number of nitrogens with zero attached hydrogens (tertiary/aromatic N) is 2. The Morgan fingerprint density at radius 1 is 1.17 bits per heavy atom. The van der Waals surface area contributed by atoms with E-state index in [0.717, 1.165) is 26.2 Å². The molecule has 18 heavy (non-hydrogen) atoms. The molecule has 0 atom stereocenters. The summed E-state index contributed by atoms with van der Waals surface area (Å²) in [6.45, 7) is 3.48. The lowest BCUT2D eigenvalue weighted by Gasteiger charge is -2.34. The van der Waals surface area contributed by atoms with Crippen LogP contribution in [-0.2, 0) is 0 Å². The van der Waals surface area contributed by atoms with Gasteiger partial charge in [0.25, 0.3) is 0 Å². The number of nitrogens with two attached hydrogens (primary N) is 1. The van der Waals surface area contributed by atoms with Gasteiger partial charge in [0.2, 0.25) is 5.91 Å². The molecular formula is C13H18N4O. The van der Waals surface area contributed by atoms with Gasteiger partial charge in [-0.25, -0.2) is 0 Å². The van der Waals surface area contributed by atoms with Crippen LogP contribution in [0.2, 0.25) is 0 Å². The van der Waals surface area contributed by atoms with Crippen molar-refractivity contribution in [3.8, 4) is 0 Å². The number of amidine groups is 1. The minimum atomic E-state index is -0.482. The first-order chi connectivity index (χ1) is 8.59. The number of primary amides is 1. The molecule has 0 unspecified atom stereocenters.